The summed E-state index contributed by atoms with van der Waals surface area (Å²) < 4.78 is 61.2. The van der Waals surface area contributed by atoms with Crippen LogP contribution in [0.3, 0.4) is 0 Å². The first-order valence-electron chi connectivity index (χ1n) is 10.7. The van der Waals surface area contributed by atoms with Crippen molar-refractivity contribution >= 4 is 11.7 Å². The lowest BCUT2D eigenvalue weighted by molar-refractivity contribution is -0.137. The number of amides is 2. The summed E-state index contributed by atoms with van der Waals surface area (Å²) >= 11 is 0. The first-order valence-corrected chi connectivity index (χ1v) is 10.7. The van der Waals surface area contributed by atoms with Crippen LogP contribution in [0.4, 0.5) is 28.0 Å². The Bertz CT molecular complexity index is 1250. The van der Waals surface area contributed by atoms with Gasteiger partial charge in [0.1, 0.15) is 11.4 Å². The van der Waals surface area contributed by atoms with Crippen molar-refractivity contribution in [3.05, 3.63) is 53.8 Å². The summed E-state index contributed by atoms with van der Waals surface area (Å²) in [6.45, 7) is 3.70. The summed E-state index contributed by atoms with van der Waals surface area (Å²) in [6.07, 6.45) is -0.350. The molecule has 12 heteroatoms. The Morgan fingerprint density at radius 2 is 1.94 bits per heavy atom. The summed E-state index contributed by atoms with van der Waals surface area (Å²) in [6, 6.07) is 1.92. The number of anilines is 1. The number of carbonyl (C=O) groups is 1. The maximum atomic E-state index is 14.8. The Balaban J connectivity index is 1.50. The molecular weight excluding hydrogens is 456 g/mol. The molecule has 1 aliphatic carbocycles. The first kappa shape index (κ1) is 22.2. The zero-order chi connectivity index (χ0) is 24.3. The van der Waals surface area contributed by atoms with Gasteiger partial charge in [-0.25, -0.2) is 19.2 Å². The van der Waals surface area contributed by atoms with Gasteiger partial charge in [-0.2, -0.15) is 13.2 Å². The normalized spacial score (nSPS) is 24.0. The number of aromatic nitrogens is 4. The molecule has 2 unspecified atom stereocenters. The second-order valence-electron chi connectivity index (χ2n) is 8.81. The summed E-state index contributed by atoms with van der Waals surface area (Å²) in [5.41, 5.74) is -2.91. The Morgan fingerprint density at radius 3 is 2.59 bits per heavy atom. The summed E-state index contributed by atoms with van der Waals surface area (Å²) in [5.74, 6) is -0.513. The molecule has 0 radical (unpaired) electrons. The number of carbonyl (C=O) groups excluding carboxylic acids is 1. The van der Waals surface area contributed by atoms with Gasteiger partial charge < -0.3 is 14.6 Å². The van der Waals surface area contributed by atoms with Gasteiger partial charge in [0.2, 0.25) is 11.8 Å². The van der Waals surface area contributed by atoms with Crippen molar-refractivity contribution in [1.82, 2.24) is 25.1 Å². The summed E-state index contributed by atoms with van der Waals surface area (Å²) in [7, 11) is 0. The van der Waals surface area contributed by atoms with Crippen molar-refractivity contribution in [2.75, 3.05) is 5.32 Å². The lowest BCUT2D eigenvalue weighted by Crippen LogP contribution is -2.70. The third kappa shape index (κ3) is 3.57. The summed E-state index contributed by atoms with van der Waals surface area (Å²) in [4.78, 5) is 22.5. The van der Waals surface area contributed by atoms with E-state index in [0.29, 0.717) is 36.6 Å². The molecule has 3 heterocycles. The molecule has 2 amide bonds. The fourth-order valence-corrected chi connectivity index (χ4v) is 5.14. The van der Waals surface area contributed by atoms with Crippen molar-refractivity contribution in [1.29, 1.82) is 0 Å². The van der Waals surface area contributed by atoms with Crippen LogP contribution in [0.25, 0.3) is 11.4 Å². The van der Waals surface area contributed by atoms with Gasteiger partial charge in [0.25, 0.3) is 0 Å². The van der Waals surface area contributed by atoms with E-state index in [1.807, 2.05) is 0 Å². The number of urea groups is 1. The van der Waals surface area contributed by atoms with E-state index in [0.717, 1.165) is 12.5 Å². The first-order chi connectivity index (χ1) is 16.1. The largest absolute Gasteiger partial charge is 0.423 e. The molecule has 5 rings (SSSR count). The van der Waals surface area contributed by atoms with Crippen LogP contribution in [-0.2, 0) is 11.7 Å². The van der Waals surface area contributed by atoms with Crippen molar-refractivity contribution in [2.24, 2.45) is 5.92 Å². The van der Waals surface area contributed by atoms with E-state index in [9.17, 15) is 22.4 Å². The minimum atomic E-state index is -4.84. The van der Waals surface area contributed by atoms with Crippen molar-refractivity contribution in [3.8, 4) is 11.4 Å². The Hall–Kier alpha value is -3.57. The monoisotopic (exact) mass is 476 g/mol. The average molecular weight is 476 g/mol. The molecule has 1 aliphatic heterocycles. The fourth-order valence-electron chi connectivity index (χ4n) is 5.14. The Labute approximate surface area is 191 Å². The number of piperidine rings is 1. The molecule has 3 atom stereocenters. The average Bonchev–Trinajstić information content (AvgIpc) is 3.21. The van der Waals surface area contributed by atoms with Gasteiger partial charge in [0.15, 0.2) is 5.82 Å². The number of rotatable bonds is 3. The van der Waals surface area contributed by atoms with Gasteiger partial charge in [0.05, 0.1) is 11.3 Å². The number of hydrogen-bond donors (Lipinski definition) is 1. The van der Waals surface area contributed by atoms with E-state index < -0.39 is 40.4 Å². The van der Waals surface area contributed by atoms with Crippen LogP contribution < -0.4 is 5.32 Å². The highest BCUT2D eigenvalue weighted by atomic mass is 19.4. The van der Waals surface area contributed by atoms with E-state index in [4.69, 9.17) is 4.42 Å². The SMILES string of the molecule is Cc1nnc(C23CC(C[C@@H](C)C2)N3C(=O)Nc2cc(-c3ncccn3)c(C(F)(F)F)cc2F)o1. The second-order valence-corrected chi connectivity index (χ2v) is 8.81. The van der Waals surface area contributed by atoms with Crippen LogP contribution in [0.15, 0.2) is 35.0 Å². The number of benzene rings is 1. The molecule has 3 aromatic rings. The van der Waals surface area contributed by atoms with Gasteiger partial charge >= 0.3 is 12.2 Å². The second kappa shape index (κ2) is 7.74. The minimum Gasteiger partial charge on any atom is -0.423 e. The number of nitrogens with zero attached hydrogens (tertiary/aromatic N) is 5. The molecule has 1 saturated heterocycles. The number of halogens is 4. The highest BCUT2D eigenvalue weighted by molar-refractivity contribution is 5.92. The molecule has 1 N–H and O–H groups in total. The van der Waals surface area contributed by atoms with E-state index >= 15 is 0 Å². The lowest BCUT2D eigenvalue weighted by atomic mass is 9.64. The highest BCUT2D eigenvalue weighted by Gasteiger charge is 2.62. The molecule has 8 nitrogen and oxygen atoms in total. The van der Waals surface area contributed by atoms with E-state index in [-0.39, 0.29) is 11.9 Å². The zero-order valence-electron chi connectivity index (χ0n) is 18.2. The van der Waals surface area contributed by atoms with E-state index in [2.05, 4.69) is 32.4 Å². The van der Waals surface area contributed by atoms with Crippen molar-refractivity contribution < 1.29 is 26.8 Å². The van der Waals surface area contributed by atoms with E-state index in [1.165, 1.54) is 23.4 Å². The molecule has 2 aromatic heterocycles. The standard InChI is InChI=1S/C22H20F4N6O2/c1-11-6-13-10-21(9-11,19-31-30-12(2)34-19)32(13)20(33)29-17-7-14(18-27-4-3-5-28-18)15(8-16(17)23)22(24,25)26/h3-5,7-8,11,13H,6,9-10H2,1-2H3,(H,29,33)/t11-,13?,21?/m1/s1. The molecule has 2 fully saturated rings. The van der Waals surface area contributed by atoms with Crippen LogP contribution >= 0.6 is 0 Å². The smallest absolute Gasteiger partial charge is 0.417 e. The van der Waals surface area contributed by atoms with Gasteiger partial charge in [-0.05, 0) is 37.0 Å². The maximum Gasteiger partial charge on any atom is 0.417 e. The summed E-state index contributed by atoms with van der Waals surface area (Å²) in [5, 5.41) is 10.4. The van der Waals surface area contributed by atoms with Crippen LogP contribution in [0.2, 0.25) is 0 Å². The number of fused-ring (bicyclic) bond motifs is 2. The van der Waals surface area contributed by atoms with Crippen LogP contribution in [0.1, 0.15) is 43.5 Å². The molecule has 1 aromatic carbocycles. The van der Waals surface area contributed by atoms with Crippen LogP contribution in [0.5, 0.6) is 0 Å². The van der Waals surface area contributed by atoms with Gasteiger partial charge in [-0.3, -0.25) is 0 Å². The van der Waals surface area contributed by atoms with Gasteiger partial charge in [-0.15, -0.1) is 10.2 Å². The number of nitrogens with one attached hydrogen (secondary N) is 1. The van der Waals surface area contributed by atoms with E-state index in [1.54, 1.807) is 6.92 Å². The van der Waals surface area contributed by atoms with Crippen LogP contribution in [-0.4, -0.2) is 37.1 Å². The molecule has 178 valence electrons. The topological polar surface area (TPSA) is 97.0 Å². The Morgan fingerprint density at radius 1 is 1.21 bits per heavy atom. The molecule has 2 aliphatic rings. The third-order valence-corrected chi connectivity index (χ3v) is 6.36. The molecule has 1 saturated carbocycles. The van der Waals surface area contributed by atoms with Gasteiger partial charge in [-0.1, -0.05) is 6.92 Å². The number of likely N-dealkylation sites (tertiary alicyclic amines) is 1. The number of hydrogen-bond acceptors (Lipinski definition) is 6. The Kier molecular flexibility index (Phi) is 5.06. The van der Waals surface area contributed by atoms with Crippen LogP contribution in [0, 0.1) is 18.7 Å². The van der Waals surface area contributed by atoms with Crippen molar-refractivity contribution in [2.45, 2.75) is 50.9 Å². The zero-order valence-corrected chi connectivity index (χ0v) is 18.2. The third-order valence-electron chi connectivity index (χ3n) is 6.36. The maximum absolute atomic E-state index is 14.8. The molecule has 2 bridgehead atoms. The molecular formula is C22H20F4N6O2. The highest BCUT2D eigenvalue weighted by Crippen LogP contribution is 2.55. The molecule has 34 heavy (non-hydrogen) atoms. The van der Waals surface area contributed by atoms with Gasteiger partial charge in [0, 0.05) is 37.3 Å². The number of alkyl halides is 3. The predicted octanol–water partition coefficient (Wildman–Crippen LogP) is 4.92. The predicted molar refractivity (Wildman–Crippen MR) is 111 cm³/mol. The quantitative estimate of drug-likeness (QED) is 0.539. The molecule has 0 spiro atoms. The van der Waals surface area contributed by atoms with Crippen molar-refractivity contribution in [3.63, 3.8) is 0 Å². The number of aryl methyl sites for hydroxylation is 1. The lowest BCUT2D eigenvalue weighted by Gasteiger charge is -2.61. The minimum absolute atomic E-state index is 0.134. The fraction of sp³-hybridized carbons (Fsp3) is 0.409.